The first-order valence-electron chi connectivity index (χ1n) is 9.16. The summed E-state index contributed by atoms with van der Waals surface area (Å²) in [6, 6.07) is 18.5. The Bertz CT molecular complexity index is 670. The summed E-state index contributed by atoms with van der Waals surface area (Å²) in [5, 5.41) is 0.233. The van der Waals surface area contributed by atoms with Gasteiger partial charge in [0.05, 0.1) is 26.0 Å². The molecule has 1 aliphatic heterocycles. The quantitative estimate of drug-likeness (QED) is 0.617. The van der Waals surface area contributed by atoms with Gasteiger partial charge in [-0.3, -0.25) is 4.90 Å². The Balaban J connectivity index is 0.00000196. The minimum atomic E-state index is 0. The second-order valence-electron chi connectivity index (χ2n) is 6.61. The van der Waals surface area contributed by atoms with Crippen molar-refractivity contribution in [2.24, 2.45) is 0 Å². The van der Waals surface area contributed by atoms with Gasteiger partial charge in [0, 0.05) is 38.0 Å². The van der Waals surface area contributed by atoms with Crippen LogP contribution >= 0.6 is 37.4 Å². The van der Waals surface area contributed by atoms with E-state index in [-0.39, 0.29) is 30.1 Å². The van der Waals surface area contributed by atoms with Gasteiger partial charge in [-0.1, -0.05) is 42.5 Å². The summed E-state index contributed by atoms with van der Waals surface area (Å²) in [6.45, 7) is 6.36. The van der Waals surface area contributed by atoms with Gasteiger partial charge in [-0.25, -0.2) is 0 Å². The number of para-hydroxylation sites is 2. The maximum absolute atomic E-state index is 5.81. The first-order valence-corrected chi connectivity index (χ1v) is 9.68. The van der Waals surface area contributed by atoms with Crippen LogP contribution < -0.4 is 9.64 Å². The Morgan fingerprint density at radius 1 is 0.929 bits per heavy atom. The van der Waals surface area contributed by atoms with Gasteiger partial charge >= 0.3 is 0 Å². The predicted molar refractivity (Wildman–Crippen MR) is 125 cm³/mol. The van der Waals surface area contributed by atoms with E-state index in [1.807, 2.05) is 30.3 Å². The van der Waals surface area contributed by atoms with E-state index in [9.17, 15) is 0 Å². The fraction of sp³-hybridized carbons (Fsp3) is 0.429. The Labute approximate surface area is 186 Å². The average molecular weight is 445 g/mol. The summed E-state index contributed by atoms with van der Waals surface area (Å²) in [4.78, 5) is 4.87. The van der Waals surface area contributed by atoms with Gasteiger partial charge in [0.15, 0.2) is 0 Å². The molecular formula is C21H30Cl2N2O2S. The van der Waals surface area contributed by atoms with Crippen LogP contribution in [0.2, 0.25) is 0 Å². The highest BCUT2D eigenvalue weighted by atomic mass is 35.5. The van der Waals surface area contributed by atoms with E-state index in [1.165, 1.54) is 11.3 Å². The van der Waals surface area contributed by atoms with Crippen LogP contribution in [0.25, 0.3) is 0 Å². The lowest BCUT2D eigenvalue weighted by Gasteiger charge is -2.37. The first kappa shape index (κ1) is 24.9. The first-order chi connectivity index (χ1) is 12.8. The summed E-state index contributed by atoms with van der Waals surface area (Å²) < 4.78 is 11.3. The molecule has 0 spiro atoms. The number of ether oxygens (including phenoxy) is 2. The molecule has 2 aromatic carbocycles. The fourth-order valence-corrected chi connectivity index (χ4v) is 3.64. The number of piperazine rings is 1. The third-order valence-corrected chi connectivity index (χ3v) is 5.00. The van der Waals surface area contributed by atoms with Crippen LogP contribution in [0.4, 0.5) is 5.69 Å². The van der Waals surface area contributed by atoms with Crippen molar-refractivity contribution in [2.45, 2.75) is 11.9 Å². The van der Waals surface area contributed by atoms with Crippen molar-refractivity contribution in [3.63, 3.8) is 0 Å². The zero-order valence-corrected chi connectivity index (χ0v) is 18.7. The third-order valence-electron chi connectivity index (χ3n) is 4.69. The zero-order valence-electron chi connectivity index (χ0n) is 16.2. The van der Waals surface area contributed by atoms with Gasteiger partial charge in [0.25, 0.3) is 0 Å². The molecular weight excluding hydrogens is 415 g/mol. The molecule has 1 saturated heterocycles. The molecule has 1 unspecified atom stereocenters. The van der Waals surface area contributed by atoms with Crippen molar-refractivity contribution in [1.82, 2.24) is 4.90 Å². The smallest absolute Gasteiger partial charge is 0.142 e. The number of anilines is 1. The van der Waals surface area contributed by atoms with Crippen molar-refractivity contribution < 1.29 is 9.47 Å². The molecule has 7 heteroatoms. The molecule has 0 bridgehead atoms. The second kappa shape index (κ2) is 13.2. The molecule has 0 saturated carbocycles. The molecule has 2 aromatic rings. The lowest BCUT2D eigenvalue weighted by Crippen LogP contribution is -2.48. The van der Waals surface area contributed by atoms with Gasteiger partial charge < -0.3 is 14.4 Å². The summed E-state index contributed by atoms with van der Waals surface area (Å²) in [5.74, 6) is 0.947. The van der Waals surface area contributed by atoms with Gasteiger partial charge in [-0.2, -0.15) is 12.6 Å². The van der Waals surface area contributed by atoms with Crippen LogP contribution in [-0.2, 0) is 11.3 Å². The van der Waals surface area contributed by atoms with Crippen molar-refractivity contribution in [1.29, 1.82) is 0 Å². The van der Waals surface area contributed by atoms with Gasteiger partial charge in [0.2, 0.25) is 0 Å². The molecule has 28 heavy (non-hydrogen) atoms. The van der Waals surface area contributed by atoms with Crippen LogP contribution in [0, 0.1) is 0 Å². The van der Waals surface area contributed by atoms with E-state index in [4.69, 9.17) is 22.1 Å². The Morgan fingerprint density at radius 3 is 2.25 bits per heavy atom. The standard InChI is InChI=1S/C21H28N2O2S.2ClH/c1-24-21-10-6-5-9-20(21)23-13-11-22(12-14-23)15-19(26)17-25-16-18-7-3-2-4-8-18;;/h2-10,19,26H,11-17H2,1H3;2*1H. The highest BCUT2D eigenvalue weighted by Gasteiger charge is 2.20. The number of rotatable bonds is 8. The lowest BCUT2D eigenvalue weighted by molar-refractivity contribution is 0.112. The molecule has 0 radical (unpaired) electrons. The summed E-state index contributed by atoms with van der Waals surface area (Å²) in [7, 11) is 1.73. The number of benzene rings is 2. The molecule has 0 amide bonds. The van der Waals surface area contributed by atoms with E-state index in [2.05, 4.69) is 34.1 Å². The molecule has 0 N–H and O–H groups in total. The summed E-state index contributed by atoms with van der Waals surface area (Å²) in [6.07, 6.45) is 0. The van der Waals surface area contributed by atoms with Gasteiger partial charge in [0.1, 0.15) is 5.75 Å². The molecule has 4 nitrogen and oxygen atoms in total. The number of nitrogens with zero attached hydrogens (tertiary/aromatic N) is 2. The third kappa shape index (κ3) is 7.37. The summed E-state index contributed by atoms with van der Waals surface area (Å²) >= 11 is 4.71. The van der Waals surface area contributed by atoms with E-state index < -0.39 is 0 Å². The fourth-order valence-electron chi connectivity index (χ4n) is 3.30. The topological polar surface area (TPSA) is 24.9 Å². The Kier molecular flexibility index (Phi) is 11.7. The Hall–Kier alpha value is -1.11. The second-order valence-corrected chi connectivity index (χ2v) is 7.34. The van der Waals surface area contributed by atoms with Gasteiger partial charge in [-0.05, 0) is 17.7 Å². The van der Waals surface area contributed by atoms with Crippen molar-refractivity contribution in [2.75, 3.05) is 51.3 Å². The van der Waals surface area contributed by atoms with Crippen molar-refractivity contribution in [3.8, 4) is 5.75 Å². The molecule has 0 aliphatic carbocycles. The lowest BCUT2D eigenvalue weighted by atomic mass is 10.2. The maximum Gasteiger partial charge on any atom is 0.142 e. The van der Waals surface area contributed by atoms with Crippen LogP contribution in [-0.4, -0.2) is 56.6 Å². The highest BCUT2D eigenvalue weighted by molar-refractivity contribution is 7.81. The zero-order chi connectivity index (χ0) is 18.2. The normalized spacial score (nSPS) is 15.3. The average Bonchev–Trinajstić information content (AvgIpc) is 2.69. The molecule has 3 rings (SSSR count). The Morgan fingerprint density at radius 2 is 1.57 bits per heavy atom. The number of methoxy groups -OCH3 is 1. The number of hydrogen-bond donors (Lipinski definition) is 1. The van der Waals surface area contributed by atoms with Crippen LogP contribution in [0.15, 0.2) is 54.6 Å². The molecule has 156 valence electrons. The van der Waals surface area contributed by atoms with Crippen LogP contribution in [0.1, 0.15) is 5.56 Å². The largest absolute Gasteiger partial charge is 0.495 e. The van der Waals surface area contributed by atoms with E-state index in [0.29, 0.717) is 13.2 Å². The van der Waals surface area contributed by atoms with Crippen LogP contribution in [0.5, 0.6) is 5.75 Å². The highest BCUT2D eigenvalue weighted by Crippen LogP contribution is 2.28. The van der Waals surface area contributed by atoms with Crippen molar-refractivity contribution in [3.05, 3.63) is 60.2 Å². The molecule has 1 aliphatic rings. The van der Waals surface area contributed by atoms with Gasteiger partial charge in [-0.15, -0.1) is 24.8 Å². The maximum atomic E-state index is 5.81. The monoisotopic (exact) mass is 444 g/mol. The number of halogens is 2. The SMILES string of the molecule is COc1ccccc1N1CCN(CC(S)COCc2ccccc2)CC1.Cl.Cl. The summed E-state index contributed by atoms with van der Waals surface area (Å²) in [5.41, 5.74) is 2.39. The number of hydrogen-bond acceptors (Lipinski definition) is 5. The van der Waals surface area contributed by atoms with E-state index in [1.54, 1.807) is 7.11 Å². The molecule has 1 atom stereocenters. The van der Waals surface area contributed by atoms with Crippen LogP contribution in [0.3, 0.4) is 0 Å². The minimum absolute atomic E-state index is 0. The molecule has 1 fully saturated rings. The van der Waals surface area contributed by atoms with Crippen molar-refractivity contribution >= 4 is 43.1 Å². The minimum Gasteiger partial charge on any atom is -0.495 e. The predicted octanol–water partition coefficient (Wildman–Crippen LogP) is 4.18. The van der Waals surface area contributed by atoms with E-state index in [0.717, 1.165) is 38.5 Å². The molecule has 0 aromatic heterocycles. The number of thiol groups is 1. The van der Waals surface area contributed by atoms with E-state index >= 15 is 0 Å². The molecule has 1 heterocycles.